The fourth-order valence-electron chi connectivity index (χ4n) is 0. The second-order valence-electron chi connectivity index (χ2n) is 1.56. The van der Waals surface area contributed by atoms with Crippen molar-refractivity contribution in [1.82, 2.24) is 0 Å². The van der Waals surface area contributed by atoms with Crippen molar-refractivity contribution in [1.29, 1.82) is 0 Å². The van der Waals surface area contributed by atoms with Crippen LogP contribution in [0.5, 0.6) is 0 Å². The standard InChI is InChI=1S/C3H8ClP.ClH/c1-3(2,4)5;/h5H2,1-2H3;1H. The zero-order valence-corrected chi connectivity index (χ0v) is 6.59. The molecule has 0 saturated carbocycles. The highest BCUT2D eigenvalue weighted by Crippen LogP contribution is 2.19. The zero-order chi connectivity index (χ0) is 4.50. The molecule has 0 aliphatic heterocycles. The van der Waals surface area contributed by atoms with Crippen molar-refractivity contribution in [2.45, 2.75) is 18.5 Å². The van der Waals surface area contributed by atoms with Gasteiger partial charge in [-0.15, -0.1) is 33.2 Å². The summed E-state index contributed by atoms with van der Waals surface area (Å²) in [6.45, 7) is 3.83. The molecular weight excluding hydrogens is 138 g/mol. The fraction of sp³-hybridized carbons (Fsp3) is 1.00. The van der Waals surface area contributed by atoms with E-state index in [-0.39, 0.29) is 17.0 Å². The maximum absolute atomic E-state index is 5.49. The molecule has 0 aromatic carbocycles. The van der Waals surface area contributed by atoms with Crippen molar-refractivity contribution in [3.63, 3.8) is 0 Å². The molecule has 0 aromatic rings. The molecule has 0 aromatic heterocycles. The molecule has 0 amide bonds. The van der Waals surface area contributed by atoms with Gasteiger partial charge in [0, 0.05) is 0 Å². The topological polar surface area (TPSA) is 0 Å². The third-order valence-corrected chi connectivity index (χ3v) is 0. The first-order chi connectivity index (χ1) is 2.00. The summed E-state index contributed by atoms with van der Waals surface area (Å²) in [5.41, 5.74) is 0. The molecule has 0 aliphatic rings. The molecule has 0 aliphatic carbocycles. The lowest BCUT2D eigenvalue weighted by atomic mass is 10.6. The normalized spacial score (nSPS) is 10.0. The molecule has 0 saturated heterocycles. The summed E-state index contributed by atoms with van der Waals surface area (Å²) in [6, 6.07) is 0. The minimum Gasteiger partial charge on any atom is -0.147 e. The molecule has 1 atom stereocenters. The summed E-state index contributed by atoms with van der Waals surface area (Å²) in [5.74, 6) is 0. The molecular formula is C3H9Cl2P. The quantitative estimate of drug-likeness (QED) is 0.364. The number of hydrogen-bond acceptors (Lipinski definition) is 0. The third kappa shape index (κ3) is 79.0. The summed E-state index contributed by atoms with van der Waals surface area (Å²) in [5, 5.41) is 0. The minimum absolute atomic E-state index is 0. The molecule has 0 fully saturated rings. The van der Waals surface area contributed by atoms with Gasteiger partial charge in [0.05, 0.1) is 4.62 Å². The predicted octanol–water partition coefficient (Wildman–Crippen LogP) is 2.26. The Hall–Kier alpha value is 1.01. The highest BCUT2D eigenvalue weighted by Gasteiger charge is 1.99. The van der Waals surface area contributed by atoms with Crippen molar-refractivity contribution in [3.05, 3.63) is 0 Å². The molecule has 6 heavy (non-hydrogen) atoms. The summed E-state index contributed by atoms with van der Waals surface area (Å²) in [4.78, 5) is 0. The van der Waals surface area contributed by atoms with Gasteiger partial charge in [0.25, 0.3) is 0 Å². The van der Waals surface area contributed by atoms with Crippen molar-refractivity contribution >= 4 is 33.2 Å². The van der Waals surface area contributed by atoms with Crippen molar-refractivity contribution in [2.24, 2.45) is 0 Å². The smallest absolute Gasteiger partial charge is 0.0528 e. The van der Waals surface area contributed by atoms with E-state index in [1.165, 1.54) is 0 Å². The Morgan fingerprint density at radius 2 is 1.50 bits per heavy atom. The molecule has 0 radical (unpaired) electrons. The molecule has 0 heterocycles. The van der Waals surface area contributed by atoms with Gasteiger partial charge in [-0.1, -0.05) is 0 Å². The first kappa shape index (κ1) is 10.1. The summed E-state index contributed by atoms with van der Waals surface area (Å²) < 4.78 is -0.111. The average molecular weight is 147 g/mol. The summed E-state index contributed by atoms with van der Waals surface area (Å²) >= 11 is 5.49. The van der Waals surface area contributed by atoms with Gasteiger partial charge in [-0.3, -0.25) is 0 Å². The lowest BCUT2D eigenvalue weighted by Gasteiger charge is -2.01. The molecule has 0 spiro atoms. The molecule has 40 valence electrons. The number of rotatable bonds is 0. The van der Waals surface area contributed by atoms with E-state index in [0.29, 0.717) is 0 Å². The zero-order valence-electron chi connectivity index (χ0n) is 3.86. The van der Waals surface area contributed by atoms with Crippen LogP contribution in [-0.4, -0.2) is 4.62 Å². The van der Waals surface area contributed by atoms with Crippen LogP contribution in [0.15, 0.2) is 0 Å². The van der Waals surface area contributed by atoms with E-state index in [0.717, 1.165) is 0 Å². The van der Waals surface area contributed by atoms with Gasteiger partial charge in [-0.25, -0.2) is 0 Å². The Labute approximate surface area is 52.3 Å². The van der Waals surface area contributed by atoms with Crippen LogP contribution in [0.3, 0.4) is 0 Å². The molecule has 3 heteroatoms. The third-order valence-electron chi connectivity index (χ3n) is 0. The molecule has 0 nitrogen and oxygen atoms in total. The van der Waals surface area contributed by atoms with Gasteiger partial charge in [0.1, 0.15) is 0 Å². The monoisotopic (exact) mass is 146 g/mol. The van der Waals surface area contributed by atoms with Gasteiger partial charge in [0.15, 0.2) is 0 Å². The lowest BCUT2D eigenvalue weighted by molar-refractivity contribution is 1.01. The average Bonchev–Trinajstić information content (AvgIpc) is 0.722. The van der Waals surface area contributed by atoms with E-state index in [2.05, 4.69) is 9.24 Å². The highest BCUT2D eigenvalue weighted by molar-refractivity contribution is 7.22. The Kier molecular flexibility index (Phi) is 5.16. The van der Waals surface area contributed by atoms with Crippen LogP contribution in [0.1, 0.15) is 13.8 Å². The van der Waals surface area contributed by atoms with Gasteiger partial charge in [-0.05, 0) is 13.8 Å². The van der Waals surface area contributed by atoms with Crippen molar-refractivity contribution < 1.29 is 0 Å². The molecule has 0 N–H and O–H groups in total. The molecule has 1 unspecified atom stereocenters. The minimum atomic E-state index is -0.111. The van der Waals surface area contributed by atoms with Crippen molar-refractivity contribution in [2.75, 3.05) is 0 Å². The van der Waals surface area contributed by atoms with E-state index in [1.807, 2.05) is 13.8 Å². The van der Waals surface area contributed by atoms with E-state index in [9.17, 15) is 0 Å². The van der Waals surface area contributed by atoms with E-state index < -0.39 is 0 Å². The number of halogens is 2. The van der Waals surface area contributed by atoms with Crippen LogP contribution in [0.2, 0.25) is 0 Å². The van der Waals surface area contributed by atoms with Gasteiger partial charge in [0.2, 0.25) is 0 Å². The number of hydrogen-bond donors (Lipinski definition) is 0. The second-order valence-corrected chi connectivity index (χ2v) is 4.35. The van der Waals surface area contributed by atoms with E-state index >= 15 is 0 Å². The van der Waals surface area contributed by atoms with E-state index in [4.69, 9.17) is 11.6 Å². The maximum Gasteiger partial charge on any atom is 0.0528 e. The Balaban J connectivity index is 0. The summed E-state index contributed by atoms with van der Waals surface area (Å²) in [7, 11) is 2.48. The first-order valence-corrected chi connectivity index (χ1v) is 2.43. The van der Waals surface area contributed by atoms with Gasteiger partial charge >= 0.3 is 0 Å². The number of alkyl halides is 1. The summed E-state index contributed by atoms with van der Waals surface area (Å²) in [6.07, 6.45) is 0. The highest BCUT2D eigenvalue weighted by atomic mass is 35.5. The van der Waals surface area contributed by atoms with Crippen LogP contribution in [0.4, 0.5) is 0 Å². The lowest BCUT2D eigenvalue weighted by Crippen LogP contribution is -1.92. The van der Waals surface area contributed by atoms with Gasteiger partial charge in [-0.2, -0.15) is 0 Å². The van der Waals surface area contributed by atoms with Gasteiger partial charge < -0.3 is 0 Å². The van der Waals surface area contributed by atoms with Crippen molar-refractivity contribution in [3.8, 4) is 0 Å². The Morgan fingerprint density at radius 3 is 1.50 bits per heavy atom. The Morgan fingerprint density at radius 1 is 1.50 bits per heavy atom. The van der Waals surface area contributed by atoms with Crippen LogP contribution >= 0.6 is 33.2 Å². The van der Waals surface area contributed by atoms with Crippen LogP contribution < -0.4 is 0 Å². The fourth-order valence-corrected chi connectivity index (χ4v) is 0. The maximum atomic E-state index is 5.49. The molecule has 0 rings (SSSR count). The Bertz CT molecular complexity index is 24.3. The van der Waals surface area contributed by atoms with Crippen LogP contribution in [0, 0.1) is 0 Å². The molecule has 0 bridgehead atoms. The predicted molar refractivity (Wildman–Crippen MR) is 36.9 cm³/mol. The largest absolute Gasteiger partial charge is 0.147 e. The van der Waals surface area contributed by atoms with E-state index in [1.54, 1.807) is 0 Å². The SMILES string of the molecule is CC(C)(P)Cl.Cl. The van der Waals surface area contributed by atoms with Crippen LogP contribution in [0.25, 0.3) is 0 Å². The second kappa shape index (κ2) is 3.07. The van der Waals surface area contributed by atoms with Crippen LogP contribution in [-0.2, 0) is 0 Å². The first-order valence-electron chi connectivity index (χ1n) is 1.48.